The summed E-state index contributed by atoms with van der Waals surface area (Å²) in [6.07, 6.45) is 12.0. The lowest BCUT2D eigenvalue weighted by atomic mass is 9.90. The summed E-state index contributed by atoms with van der Waals surface area (Å²) in [5, 5.41) is 3.46. The fourth-order valence-electron chi connectivity index (χ4n) is 6.18. The molecule has 41 heavy (non-hydrogen) atoms. The van der Waals surface area contributed by atoms with Crippen LogP contribution in [0.4, 0.5) is 0 Å². The van der Waals surface area contributed by atoms with Crippen molar-refractivity contribution in [2.45, 2.75) is 120 Å². The molecule has 2 unspecified atom stereocenters. The fraction of sp³-hybridized carbons (Fsp3) is 0.765. The smallest absolute Gasteiger partial charge is 0.233 e. The number of carbonyl (C=O) groups excluding carboxylic acids is 4. The minimum Gasteiger partial charge on any atom is -0.317 e. The van der Waals surface area contributed by atoms with Crippen LogP contribution in [0.5, 0.6) is 0 Å². The summed E-state index contributed by atoms with van der Waals surface area (Å²) in [7, 11) is 0. The average molecular weight is 572 g/mol. The molecular formula is C34H57N3O4. The van der Waals surface area contributed by atoms with E-state index in [1.807, 2.05) is 0 Å². The van der Waals surface area contributed by atoms with Crippen molar-refractivity contribution in [3.05, 3.63) is 23.3 Å². The summed E-state index contributed by atoms with van der Waals surface area (Å²) in [4.78, 5) is 53.3. The van der Waals surface area contributed by atoms with Gasteiger partial charge in [0.2, 0.25) is 23.6 Å². The number of nitrogens with zero attached hydrogens (tertiary/aromatic N) is 2. The monoisotopic (exact) mass is 571 g/mol. The van der Waals surface area contributed by atoms with Crippen LogP contribution in [0.1, 0.15) is 120 Å². The molecular weight excluding hydrogens is 514 g/mol. The molecule has 2 heterocycles. The van der Waals surface area contributed by atoms with Crippen LogP contribution in [-0.2, 0) is 19.2 Å². The molecule has 2 aliphatic rings. The highest BCUT2D eigenvalue weighted by Crippen LogP contribution is 2.30. The van der Waals surface area contributed by atoms with Crippen LogP contribution in [0.25, 0.3) is 0 Å². The SMILES string of the molecule is C/C(=C\C(C)(C)C)CC1CC(=O)N(CCCCCNCCCCCN2C(=O)CC(C/C(C)=C/C(C)(C)C)C2=O)C1=O. The predicted octanol–water partition coefficient (Wildman–Crippen LogP) is 6.43. The molecule has 2 atom stereocenters. The van der Waals surface area contributed by atoms with Crippen LogP contribution >= 0.6 is 0 Å². The second-order valence-electron chi connectivity index (χ2n) is 14.6. The lowest BCUT2D eigenvalue weighted by Gasteiger charge is -2.17. The zero-order valence-corrected chi connectivity index (χ0v) is 27.2. The molecule has 7 heteroatoms. The molecule has 2 rings (SSSR count). The van der Waals surface area contributed by atoms with Gasteiger partial charge < -0.3 is 5.32 Å². The summed E-state index contributed by atoms with van der Waals surface area (Å²) in [6.45, 7) is 19.8. The molecule has 0 aromatic carbocycles. The second kappa shape index (κ2) is 15.8. The van der Waals surface area contributed by atoms with Crippen molar-refractivity contribution in [2.24, 2.45) is 22.7 Å². The maximum absolute atomic E-state index is 12.8. The quantitative estimate of drug-likeness (QED) is 0.131. The Kier molecular flexibility index (Phi) is 13.5. The van der Waals surface area contributed by atoms with Crippen molar-refractivity contribution in [3.8, 4) is 0 Å². The van der Waals surface area contributed by atoms with Crippen molar-refractivity contribution in [3.63, 3.8) is 0 Å². The summed E-state index contributed by atoms with van der Waals surface area (Å²) in [6, 6.07) is 0. The number of rotatable bonds is 16. The molecule has 0 aromatic heterocycles. The Labute approximate surface area is 249 Å². The highest BCUT2D eigenvalue weighted by molar-refractivity contribution is 6.04. The molecule has 0 saturated carbocycles. The predicted molar refractivity (Wildman–Crippen MR) is 166 cm³/mol. The highest BCUT2D eigenvalue weighted by Gasteiger charge is 2.39. The Balaban J connectivity index is 1.53. The molecule has 2 aliphatic heterocycles. The van der Waals surface area contributed by atoms with E-state index < -0.39 is 0 Å². The summed E-state index contributed by atoms with van der Waals surface area (Å²) in [5.74, 6) is -0.467. The summed E-state index contributed by atoms with van der Waals surface area (Å²) in [5.41, 5.74) is 2.51. The number of allylic oxidation sites excluding steroid dienone is 4. The maximum atomic E-state index is 12.8. The standard InChI is InChI=1S/C34H57N3O4/c1-25(23-33(3,4)5)19-27-21-29(38)36(31(27)40)17-13-9-11-15-35-16-12-10-14-18-37-30(39)22-28(32(37)41)20-26(2)24-34(6,7)8/h23-24,27-28,35H,9-22H2,1-8H3/b25-23+,26-24+. The van der Waals surface area contributed by atoms with E-state index in [2.05, 4.69) is 72.9 Å². The van der Waals surface area contributed by atoms with E-state index in [-0.39, 0.29) is 46.3 Å². The summed E-state index contributed by atoms with van der Waals surface area (Å²) >= 11 is 0. The minimum absolute atomic E-state index is 0.00452. The van der Waals surface area contributed by atoms with Crippen molar-refractivity contribution >= 4 is 23.6 Å². The molecule has 0 aliphatic carbocycles. The van der Waals surface area contributed by atoms with E-state index in [0.717, 1.165) is 51.6 Å². The number of nitrogens with one attached hydrogen (secondary N) is 1. The van der Waals surface area contributed by atoms with E-state index in [0.29, 0.717) is 38.8 Å². The number of likely N-dealkylation sites (tertiary alicyclic amines) is 2. The first-order valence-corrected chi connectivity index (χ1v) is 15.8. The lowest BCUT2D eigenvalue weighted by Crippen LogP contribution is -2.32. The molecule has 0 aromatic rings. The molecule has 7 nitrogen and oxygen atoms in total. The third-order valence-electron chi connectivity index (χ3n) is 7.64. The van der Waals surface area contributed by atoms with Gasteiger partial charge in [-0.25, -0.2) is 0 Å². The third-order valence-corrected chi connectivity index (χ3v) is 7.64. The highest BCUT2D eigenvalue weighted by atomic mass is 16.2. The Bertz CT molecular complexity index is 905. The Hall–Kier alpha value is -2.28. The summed E-state index contributed by atoms with van der Waals surface area (Å²) < 4.78 is 0. The van der Waals surface area contributed by atoms with Gasteiger partial charge in [0, 0.05) is 25.9 Å². The van der Waals surface area contributed by atoms with Gasteiger partial charge in [-0.1, -0.05) is 77.7 Å². The third kappa shape index (κ3) is 12.6. The maximum Gasteiger partial charge on any atom is 0.233 e. The first-order valence-electron chi connectivity index (χ1n) is 15.8. The van der Waals surface area contributed by atoms with Gasteiger partial charge in [-0.15, -0.1) is 0 Å². The molecule has 0 radical (unpaired) electrons. The van der Waals surface area contributed by atoms with E-state index in [4.69, 9.17) is 0 Å². The van der Waals surface area contributed by atoms with E-state index >= 15 is 0 Å². The number of carbonyl (C=O) groups is 4. The number of hydrogen-bond donors (Lipinski definition) is 1. The number of amides is 4. The molecule has 4 amide bonds. The Morgan fingerprint density at radius 2 is 1.02 bits per heavy atom. The van der Waals surface area contributed by atoms with Crippen LogP contribution in [0.3, 0.4) is 0 Å². The normalized spacial score (nSPS) is 21.2. The fourth-order valence-corrected chi connectivity index (χ4v) is 6.18. The van der Waals surface area contributed by atoms with Gasteiger partial charge in [0.15, 0.2) is 0 Å². The van der Waals surface area contributed by atoms with Crippen molar-refractivity contribution in [1.82, 2.24) is 15.1 Å². The van der Waals surface area contributed by atoms with Crippen LogP contribution in [0.2, 0.25) is 0 Å². The number of hydrogen-bond acceptors (Lipinski definition) is 5. The molecule has 2 fully saturated rings. The van der Waals surface area contributed by atoms with Crippen molar-refractivity contribution in [1.29, 1.82) is 0 Å². The topological polar surface area (TPSA) is 86.8 Å². The zero-order valence-electron chi connectivity index (χ0n) is 27.2. The van der Waals surface area contributed by atoms with Gasteiger partial charge in [0.1, 0.15) is 0 Å². The molecule has 0 spiro atoms. The molecule has 0 bridgehead atoms. The Morgan fingerprint density at radius 3 is 1.37 bits per heavy atom. The van der Waals surface area contributed by atoms with Gasteiger partial charge in [0.05, 0.1) is 11.8 Å². The van der Waals surface area contributed by atoms with Crippen LogP contribution < -0.4 is 5.32 Å². The van der Waals surface area contributed by atoms with Gasteiger partial charge in [0.25, 0.3) is 0 Å². The zero-order chi connectivity index (χ0) is 30.8. The largest absolute Gasteiger partial charge is 0.317 e. The number of unbranched alkanes of at least 4 members (excludes halogenated alkanes) is 4. The molecule has 1 N–H and O–H groups in total. The van der Waals surface area contributed by atoms with Crippen LogP contribution in [0.15, 0.2) is 23.3 Å². The van der Waals surface area contributed by atoms with E-state index in [1.54, 1.807) is 0 Å². The first-order chi connectivity index (χ1) is 19.1. The molecule has 2 saturated heterocycles. The Morgan fingerprint density at radius 1 is 0.659 bits per heavy atom. The second-order valence-corrected chi connectivity index (χ2v) is 14.6. The van der Waals surface area contributed by atoms with E-state index in [9.17, 15) is 19.2 Å². The van der Waals surface area contributed by atoms with Gasteiger partial charge in [-0.3, -0.25) is 29.0 Å². The molecule has 232 valence electrons. The van der Waals surface area contributed by atoms with Gasteiger partial charge >= 0.3 is 0 Å². The average Bonchev–Trinajstić information content (AvgIpc) is 3.23. The van der Waals surface area contributed by atoms with Gasteiger partial charge in [-0.05, 0) is 76.3 Å². The van der Waals surface area contributed by atoms with Crippen molar-refractivity contribution < 1.29 is 19.2 Å². The van der Waals surface area contributed by atoms with Crippen molar-refractivity contribution in [2.75, 3.05) is 26.2 Å². The first kappa shape index (κ1) is 34.9. The lowest BCUT2D eigenvalue weighted by molar-refractivity contribution is -0.141. The van der Waals surface area contributed by atoms with Crippen LogP contribution in [0, 0.1) is 22.7 Å². The van der Waals surface area contributed by atoms with Gasteiger partial charge in [-0.2, -0.15) is 0 Å². The van der Waals surface area contributed by atoms with Crippen LogP contribution in [-0.4, -0.2) is 59.6 Å². The number of imide groups is 2. The van der Waals surface area contributed by atoms with E-state index in [1.165, 1.54) is 20.9 Å². The minimum atomic E-state index is -0.203.